The Morgan fingerprint density at radius 2 is 1.21 bits per heavy atom. The highest BCUT2D eigenvalue weighted by Gasteiger charge is 2.23. The van der Waals surface area contributed by atoms with Crippen LogP contribution >= 0.6 is 0 Å². The number of rotatable bonds is 12. The number of hydrogen-bond acceptors (Lipinski definition) is 4. The third-order valence-corrected chi connectivity index (χ3v) is 4.60. The summed E-state index contributed by atoms with van der Waals surface area (Å²) in [5.74, 6) is 1.63. The summed E-state index contributed by atoms with van der Waals surface area (Å²) >= 11 is 0. The van der Waals surface area contributed by atoms with Crippen LogP contribution in [0.25, 0.3) is 0 Å². The Morgan fingerprint density at radius 1 is 0.708 bits per heavy atom. The molecule has 1 rings (SSSR count). The van der Waals surface area contributed by atoms with Crippen LogP contribution in [0.5, 0.6) is 23.0 Å². The second-order valence-electron chi connectivity index (χ2n) is 6.28. The minimum absolute atomic E-state index is 0.143. The molecule has 0 aromatic heterocycles. The molecule has 0 aliphatic carbocycles. The van der Waals surface area contributed by atoms with Gasteiger partial charge >= 0.3 is 0 Å². The van der Waals surface area contributed by atoms with Gasteiger partial charge in [-0.1, -0.05) is 51.9 Å². The highest BCUT2D eigenvalue weighted by molar-refractivity contribution is 5.66. The van der Waals surface area contributed by atoms with Gasteiger partial charge in [-0.15, -0.1) is 0 Å². The molecule has 138 valence electrons. The highest BCUT2D eigenvalue weighted by Crippen LogP contribution is 2.49. The van der Waals surface area contributed by atoms with Crippen LogP contribution in [0.15, 0.2) is 0 Å². The molecule has 0 aliphatic rings. The maximum atomic E-state index is 10.4. The number of benzene rings is 1. The van der Waals surface area contributed by atoms with Crippen molar-refractivity contribution >= 4 is 0 Å². The quantitative estimate of drug-likeness (QED) is 0.518. The molecular weight excluding hydrogens is 304 g/mol. The van der Waals surface area contributed by atoms with Crippen molar-refractivity contribution in [1.29, 1.82) is 0 Å². The van der Waals surface area contributed by atoms with Crippen LogP contribution in [-0.2, 0) is 6.42 Å². The van der Waals surface area contributed by atoms with Gasteiger partial charge in [0.15, 0.2) is 11.5 Å². The Balaban J connectivity index is 2.69. The van der Waals surface area contributed by atoms with Crippen LogP contribution in [0.1, 0.15) is 69.4 Å². The van der Waals surface area contributed by atoms with Crippen LogP contribution in [0.4, 0.5) is 0 Å². The fraction of sp³-hybridized carbons (Fsp3) is 0.700. The number of unbranched alkanes of at least 4 members (excludes halogenated alkanes) is 7. The van der Waals surface area contributed by atoms with Gasteiger partial charge in [-0.3, -0.25) is 0 Å². The monoisotopic (exact) mass is 338 g/mol. The third kappa shape index (κ3) is 5.22. The Labute approximate surface area is 147 Å². The van der Waals surface area contributed by atoms with Gasteiger partial charge in [-0.05, 0) is 19.8 Å². The lowest BCUT2D eigenvalue weighted by Gasteiger charge is -2.20. The third-order valence-electron chi connectivity index (χ3n) is 4.60. The highest BCUT2D eigenvalue weighted by atomic mass is 16.5. The normalized spacial score (nSPS) is 10.7. The van der Waals surface area contributed by atoms with E-state index in [0.717, 1.165) is 24.0 Å². The van der Waals surface area contributed by atoms with E-state index in [1.807, 2.05) is 6.92 Å². The maximum absolute atomic E-state index is 10.4. The number of aromatic hydroxyl groups is 1. The number of hydrogen-bond donors (Lipinski definition) is 1. The molecule has 0 atom stereocenters. The van der Waals surface area contributed by atoms with Crippen molar-refractivity contribution in [1.82, 2.24) is 0 Å². The summed E-state index contributed by atoms with van der Waals surface area (Å²) in [7, 11) is 4.72. The minimum Gasteiger partial charge on any atom is -0.504 e. The largest absolute Gasteiger partial charge is 0.504 e. The fourth-order valence-electron chi connectivity index (χ4n) is 3.16. The fourth-order valence-corrected chi connectivity index (χ4v) is 3.16. The van der Waals surface area contributed by atoms with Crippen molar-refractivity contribution in [2.75, 3.05) is 21.3 Å². The first-order valence-electron chi connectivity index (χ1n) is 9.12. The molecule has 0 aliphatic heterocycles. The summed E-state index contributed by atoms with van der Waals surface area (Å²) in [6, 6.07) is 0. The lowest BCUT2D eigenvalue weighted by atomic mass is 9.98. The molecule has 0 heterocycles. The Kier molecular flexibility index (Phi) is 9.43. The van der Waals surface area contributed by atoms with Crippen LogP contribution in [-0.4, -0.2) is 26.4 Å². The maximum Gasteiger partial charge on any atom is 0.207 e. The molecule has 1 aromatic rings. The average molecular weight is 338 g/mol. The molecule has 1 N–H and O–H groups in total. The van der Waals surface area contributed by atoms with Crippen LogP contribution in [0.2, 0.25) is 0 Å². The van der Waals surface area contributed by atoms with Gasteiger partial charge < -0.3 is 19.3 Å². The van der Waals surface area contributed by atoms with E-state index in [4.69, 9.17) is 14.2 Å². The molecule has 0 spiro atoms. The molecular formula is C20H34O4. The molecule has 24 heavy (non-hydrogen) atoms. The van der Waals surface area contributed by atoms with E-state index in [2.05, 4.69) is 6.92 Å². The average Bonchev–Trinajstić information content (AvgIpc) is 2.60. The van der Waals surface area contributed by atoms with Gasteiger partial charge in [0.05, 0.1) is 21.3 Å². The lowest BCUT2D eigenvalue weighted by Crippen LogP contribution is -2.02. The van der Waals surface area contributed by atoms with Crippen molar-refractivity contribution in [2.45, 2.75) is 71.6 Å². The number of phenolic OH excluding ortho intramolecular Hbond substituents is 1. The SMILES string of the molecule is CCCCCCCCCCc1c(C)c(O)c(OC)c(OC)c1OC. The number of methoxy groups -OCH3 is 3. The molecule has 0 saturated heterocycles. The molecule has 0 amide bonds. The summed E-state index contributed by atoms with van der Waals surface area (Å²) in [4.78, 5) is 0. The number of phenols is 1. The molecule has 4 heteroatoms. The molecule has 4 nitrogen and oxygen atoms in total. The molecule has 0 saturated carbocycles. The summed E-state index contributed by atoms with van der Waals surface area (Å²) in [6.45, 7) is 4.15. The van der Waals surface area contributed by atoms with Crippen molar-refractivity contribution in [3.05, 3.63) is 11.1 Å². The zero-order valence-corrected chi connectivity index (χ0v) is 16.0. The second kappa shape index (κ2) is 11.1. The summed E-state index contributed by atoms with van der Waals surface area (Å²) in [6.07, 6.45) is 11.1. The van der Waals surface area contributed by atoms with Crippen molar-refractivity contribution < 1.29 is 19.3 Å². The number of ether oxygens (including phenoxy) is 3. The predicted molar refractivity (Wildman–Crippen MR) is 98.8 cm³/mol. The standard InChI is InChI=1S/C20H34O4/c1-6-7-8-9-10-11-12-13-14-16-15(2)17(21)19(23-4)20(24-5)18(16)22-3/h21H,6-14H2,1-5H3. The van der Waals surface area contributed by atoms with E-state index >= 15 is 0 Å². The molecule has 1 aromatic carbocycles. The van der Waals surface area contributed by atoms with E-state index in [0.29, 0.717) is 17.2 Å². The summed E-state index contributed by atoms with van der Waals surface area (Å²) < 4.78 is 16.2. The van der Waals surface area contributed by atoms with Crippen LogP contribution in [0.3, 0.4) is 0 Å². The molecule has 0 radical (unpaired) electrons. The van der Waals surface area contributed by atoms with E-state index in [9.17, 15) is 5.11 Å². The summed E-state index contributed by atoms with van der Waals surface area (Å²) in [5.41, 5.74) is 1.83. The van der Waals surface area contributed by atoms with Crippen molar-refractivity contribution in [3.8, 4) is 23.0 Å². The summed E-state index contributed by atoms with van der Waals surface area (Å²) in [5, 5.41) is 10.4. The van der Waals surface area contributed by atoms with Gasteiger partial charge in [-0.2, -0.15) is 0 Å². The van der Waals surface area contributed by atoms with E-state index in [-0.39, 0.29) is 5.75 Å². The predicted octanol–water partition coefficient (Wildman–Crippen LogP) is 5.41. The molecule has 0 unspecified atom stereocenters. The van der Waals surface area contributed by atoms with Gasteiger partial charge in [0, 0.05) is 11.1 Å². The Morgan fingerprint density at radius 3 is 1.71 bits per heavy atom. The van der Waals surface area contributed by atoms with Crippen molar-refractivity contribution in [3.63, 3.8) is 0 Å². The molecule has 0 bridgehead atoms. The Bertz CT molecular complexity index is 497. The van der Waals surface area contributed by atoms with Gasteiger partial charge in [0.25, 0.3) is 0 Å². The first-order valence-corrected chi connectivity index (χ1v) is 9.12. The van der Waals surface area contributed by atoms with Crippen LogP contribution < -0.4 is 14.2 Å². The van der Waals surface area contributed by atoms with Crippen LogP contribution in [0, 0.1) is 6.92 Å². The van der Waals surface area contributed by atoms with Crippen molar-refractivity contribution in [2.24, 2.45) is 0 Å². The lowest BCUT2D eigenvalue weighted by molar-refractivity contribution is 0.307. The van der Waals surface area contributed by atoms with Gasteiger partial charge in [-0.25, -0.2) is 0 Å². The Hall–Kier alpha value is -1.58. The zero-order valence-electron chi connectivity index (χ0n) is 16.0. The van der Waals surface area contributed by atoms with E-state index in [1.165, 1.54) is 52.1 Å². The van der Waals surface area contributed by atoms with Gasteiger partial charge in [0.1, 0.15) is 0 Å². The second-order valence-corrected chi connectivity index (χ2v) is 6.28. The zero-order chi connectivity index (χ0) is 17.9. The molecule has 0 fully saturated rings. The minimum atomic E-state index is 0.143. The smallest absolute Gasteiger partial charge is 0.207 e. The van der Waals surface area contributed by atoms with Gasteiger partial charge in [0.2, 0.25) is 11.5 Å². The first-order chi connectivity index (χ1) is 11.6. The van der Waals surface area contributed by atoms with E-state index in [1.54, 1.807) is 14.2 Å². The first kappa shape index (κ1) is 20.5. The van der Waals surface area contributed by atoms with E-state index < -0.39 is 0 Å². The topological polar surface area (TPSA) is 47.9 Å².